The van der Waals surface area contributed by atoms with Crippen LogP contribution in [0.4, 0.5) is 5.82 Å². The minimum absolute atomic E-state index is 0.0767. The van der Waals surface area contributed by atoms with Gasteiger partial charge in [0.25, 0.3) is 0 Å². The number of piperazine rings is 1. The highest BCUT2D eigenvalue weighted by Gasteiger charge is 2.53. The van der Waals surface area contributed by atoms with Crippen LogP contribution in [-0.4, -0.2) is 55.1 Å². The first-order chi connectivity index (χ1) is 15.2. The van der Waals surface area contributed by atoms with Gasteiger partial charge in [0.1, 0.15) is 11.6 Å². The highest BCUT2D eigenvalue weighted by molar-refractivity contribution is 5.96. The lowest BCUT2D eigenvalue weighted by Crippen LogP contribution is -2.60. The molecular weight excluding hydrogens is 388 g/mol. The fraction of sp³-hybridized carbons (Fsp3) is 0.520. The standard InChI is InChI=1S/C25H34N4O2/c1-19(29-17-15-26-16-18-29)25(24(30)28-23-12-6-8-14-27-23)13-7-5-10-21(25)20-9-3-4-11-22(20)31-2/h3-4,6,8-9,11-12,14,19,21,26H,5,7,10,13,15-18H2,1-2H3,(H,27,28,30). The van der Waals surface area contributed by atoms with Crippen LogP contribution in [0.25, 0.3) is 0 Å². The predicted octanol–water partition coefficient (Wildman–Crippen LogP) is 3.67. The van der Waals surface area contributed by atoms with E-state index in [-0.39, 0.29) is 17.9 Å². The van der Waals surface area contributed by atoms with Crippen LogP contribution in [0.2, 0.25) is 0 Å². The van der Waals surface area contributed by atoms with Crippen molar-refractivity contribution < 1.29 is 9.53 Å². The van der Waals surface area contributed by atoms with Gasteiger partial charge in [0, 0.05) is 44.3 Å². The predicted molar refractivity (Wildman–Crippen MR) is 123 cm³/mol. The van der Waals surface area contributed by atoms with Crippen LogP contribution in [0.15, 0.2) is 48.7 Å². The molecule has 3 unspecified atom stereocenters. The fourth-order valence-corrected chi connectivity index (χ4v) is 5.61. The molecule has 2 heterocycles. The van der Waals surface area contributed by atoms with E-state index in [9.17, 15) is 4.79 Å². The molecule has 6 nitrogen and oxygen atoms in total. The van der Waals surface area contributed by atoms with Crippen LogP contribution in [-0.2, 0) is 4.79 Å². The average molecular weight is 423 g/mol. The van der Waals surface area contributed by atoms with E-state index in [2.05, 4.69) is 39.6 Å². The topological polar surface area (TPSA) is 66.5 Å². The number of hydrogen-bond acceptors (Lipinski definition) is 5. The molecule has 1 aromatic heterocycles. The van der Waals surface area contributed by atoms with Gasteiger partial charge < -0.3 is 15.4 Å². The number of nitrogens with one attached hydrogen (secondary N) is 2. The second-order valence-electron chi connectivity index (χ2n) is 8.71. The van der Waals surface area contributed by atoms with E-state index in [0.29, 0.717) is 5.82 Å². The monoisotopic (exact) mass is 422 g/mol. The Kier molecular flexibility index (Phi) is 6.88. The number of nitrogens with zero attached hydrogens (tertiary/aromatic N) is 2. The summed E-state index contributed by atoms with van der Waals surface area (Å²) in [5.74, 6) is 1.65. The molecule has 1 saturated heterocycles. The van der Waals surface area contributed by atoms with Gasteiger partial charge in [-0.2, -0.15) is 0 Å². The summed E-state index contributed by atoms with van der Waals surface area (Å²) in [6.45, 7) is 6.08. The normalized spacial score (nSPS) is 25.5. The highest BCUT2D eigenvalue weighted by Crippen LogP contribution is 2.53. The van der Waals surface area contributed by atoms with E-state index in [1.165, 1.54) is 0 Å². The van der Waals surface area contributed by atoms with Crippen LogP contribution in [0.3, 0.4) is 0 Å². The molecule has 2 N–H and O–H groups in total. The van der Waals surface area contributed by atoms with Gasteiger partial charge in [-0.1, -0.05) is 37.1 Å². The number of hydrogen-bond donors (Lipinski definition) is 2. The first-order valence-electron chi connectivity index (χ1n) is 11.5. The van der Waals surface area contributed by atoms with E-state index in [1.807, 2.05) is 30.3 Å². The van der Waals surface area contributed by atoms with Gasteiger partial charge in [-0.3, -0.25) is 9.69 Å². The molecule has 3 atom stereocenters. The summed E-state index contributed by atoms with van der Waals surface area (Å²) in [5, 5.41) is 6.62. The maximum absolute atomic E-state index is 14.1. The third kappa shape index (κ3) is 4.32. The molecule has 1 aliphatic carbocycles. The molecule has 2 aromatic rings. The average Bonchev–Trinajstić information content (AvgIpc) is 2.84. The Morgan fingerprint density at radius 3 is 2.71 bits per heavy atom. The van der Waals surface area contributed by atoms with Crippen LogP contribution in [0.1, 0.15) is 44.1 Å². The molecule has 1 aliphatic heterocycles. The summed E-state index contributed by atoms with van der Waals surface area (Å²) in [6, 6.07) is 14.0. The number of benzene rings is 1. The Balaban J connectivity index is 1.77. The fourth-order valence-electron chi connectivity index (χ4n) is 5.61. The molecule has 166 valence electrons. The molecule has 4 rings (SSSR count). The molecule has 31 heavy (non-hydrogen) atoms. The molecular formula is C25H34N4O2. The largest absolute Gasteiger partial charge is 0.496 e. The number of aromatic nitrogens is 1. The SMILES string of the molecule is COc1ccccc1C1CCCCC1(C(=O)Nc1ccccn1)C(C)N1CCNCC1. The minimum Gasteiger partial charge on any atom is -0.496 e. The molecule has 6 heteroatoms. The van der Waals surface area contributed by atoms with Crippen molar-refractivity contribution in [1.82, 2.24) is 15.2 Å². The molecule has 2 fully saturated rings. The number of amides is 1. The second-order valence-corrected chi connectivity index (χ2v) is 8.71. The summed E-state index contributed by atoms with van der Waals surface area (Å²) >= 11 is 0. The van der Waals surface area contributed by atoms with Crippen molar-refractivity contribution in [2.75, 3.05) is 38.6 Å². The summed E-state index contributed by atoms with van der Waals surface area (Å²) in [6.07, 6.45) is 5.74. The molecule has 1 aromatic carbocycles. The zero-order valence-electron chi connectivity index (χ0n) is 18.6. The molecule has 2 aliphatic rings. The number of rotatable bonds is 6. The van der Waals surface area contributed by atoms with Crippen LogP contribution in [0.5, 0.6) is 5.75 Å². The van der Waals surface area contributed by atoms with E-state index in [4.69, 9.17) is 4.74 Å². The number of pyridine rings is 1. The molecule has 1 amide bonds. The molecule has 0 spiro atoms. The summed E-state index contributed by atoms with van der Waals surface area (Å²) in [4.78, 5) is 21.0. The van der Waals surface area contributed by atoms with Crippen molar-refractivity contribution in [1.29, 1.82) is 0 Å². The summed E-state index contributed by atoms with van der Waals surface area (Å²) in [7, 11) is 1.72. The van der Waals surface area contributed by atoms with Crippen LogP contribution in [0, 0.1) is 5.41 Å². The van der Waals surface area contributed by atoms with Gasteiger partial charge >= 0.3 is 0 Å². The maximum Gasteiger partial charge on any atom is 0.233 e. The number of carbonyl (C=O) groups is 1. The Morgan fingerprint density at radius 2 is 1.97 bits per heavy atom. The summed E-state index contributed by atoms with van der Waals surface area (Å²) in [5.41, 5.74) is 0.588. The van der Waals surface area contributed by atoms with Gasteiger partial charge in [-0.05, 0) is 43.5 Å². The smallest absolute Gasteiger partial charge is 0.233 e. The number of anilines is 1. The maximum atomic E-state index is 14.1. The van der Waals surface area contributed by atoms with Crippen molar-refractivity contribution in [3.05, 3.63) is 54.2 Å². The number of para-hydroxylation sites is 1. The first kappa shape index (κ1) is 21.8. The Hall–Kier alpha value is -2.44. The van der Waals surface area contributed by atoms with E-state index in [1.54, 1.807) is 13.3 Å². The lowest BCUT2D eigenvalue weighted by Gasteiger charge is -2.51. The molecule has 0 bridgehead atoms. The number of carbonyl (C=O) groups excluding carboxylic acids is 1. The first-order valence-corrected chi connectivity index (χ1v) is 11.5. The van der Waals surface area contributed by atoms with Gasteiger partial charge in [0.2, 0.25) is 5.91 Å². The number of ether oxygens (including phenoxy) is 1. The Labute approximate surface area is 185 Å². The lowest BCUT2D eigenvalue weighted by atomic mass is 9.59. The van der Waals surface area contributed by atoms with Gasteiger partial charge in [0.15, 0.2) is 0 Å². The zero-order chi connectivity index (χ0) is 21.7. The van der Waals surface area contributed by atoms with E-state index in [0.717, 1.165) is 63.2 Å². The molecule has 0 radical (unpaired) electrons. The minimum atomic E-state index is -0.554. The van der Waals surface area contributed by atoms with E-state index < -0.39 is 5.41 Å². The van der Waals surface area contributed by atoms with E-state index >= 15 is 0 Å². The second kappa shape index (κ2) is 9.79. The third-order valence-electron chi connectivity index (χ3n) is 7.24. The quantitative estimate of drug-likeness (QED) is 0.744. The van der Waals surface area contributed by atoms with Crippen molar-refractivity contribution in [3.8, 4) is 5.75 Å². The third-order valence-corrected chi connectivity index (χ3v) is 7.24. The van der Waals surface area contributed by atoms with Crippen LogP contribution < -0.4 is 15.4 Å². The van der Waals surface area contributed by atoms with Gasteiger partial charge in [-0.15, -0.1) is 0 Å². The lowest BCUT2D eigenvalue weighted by molar-refractivity contribution is -0.134. The van der Waals surface area contributed by atoms with Crippen molar-refractivity contribution in [2.24, 2.45) is 5.41 Å². The molecule has 1 saturated carbocycles. The highest BCUT2D eigenvalue weighted by atomic mass is 16.5. The number of methoxy groups -OCH3 is 1. The Bertz CT molecular complexity index is 869. The zero-order valence-corrected chi connectivity index (χ0v) is 18.6. The summed E-state index contributed by atoms with van der Waals surface area (Å²) < 4.78 is 5.75. The van der Waals surface area contributed by atoms with Gasteiger partial charge in [0.05, 0.1) is 12.5 Å². The van der Waals surface area contributed by atoms with Crippen LogP contribution >= 0.6 is 0 Å². The van der Waals surface area contributed by atoms with Crippen molar-refractivity contribution >= 4 is 11.7 Å². The van der Waals surface area contributed by atoms with Gasteiger partial charge in [-0.25, -0.2) is 4.98 Å². The Morgan fingerprint density at radius 1 is 1.19 bits per heavy atom. The van der Waals surface area contributed by atoms with Crippen molar-refractivity contribution in [3.63, 3.8) is 0 Å². The van der Waals surface area contributed by atoms with Crippen molar-refractivity contribution in [2.45, 2.75) is 44.6 Å².